The molecule has 0 bridgehead atoms. The number of carbonyl (C=O) groups excluding carboxylic acids is 2. The Hall–Kier alpha value is -3.91. The molecular formula is C24H22ClN5O3. The molecule has 2 aromatic carbocycles. The van der Waals surface area contributed by atoms with Gasteiger partial charge in [0.1, 0.15) is 6.54 Å². The monoisotopic (exact) mass is 463 g/mol. The molecule has 8 nitrogen and oxygen atoms in total. The van der Waals surface area contributed by atoms with Crippen LogP contribution in [-0.4, -0.2) is 26.0 Å². The Morgan fingerprint density at radius 1 is 1.03 bits per heavy atom. The first kappa shape index (κ1) is 22.3. The second kappa shape index (κ2) is 9.30. The molecule has 168 valence electrons. The standard InChI is InChI=1S/C24H22ClN5O3/c1-15-6-8-17(9-7-15)12-26-23(32)18-10-11-21-28-30(24(33)29(21)13-18)14-22(31)27-20-5-3-4-19(25)16(20)2/h3-11,13H,12,14H2,1-2H3,(H,26,32)(H,27,31). The van der Waals surface area contributed by atoms with Gasteiger partial charge in [0.15, 0.2) is 5.65 Å². The molecule has 4 aromatic rings. The fourth-order valence-electron chi connectivity index (χ4n) is 3.31. The number of halogens is 1. The molecule has 2 heterocycles. The third-order valence-electron chi connectivity index (χ3n) is 5.25. The van der Waals surface area contributed by atoms with Crippen molar-refractivity contribution in [2.24, 2.45) is 0 Å². The second-order valence-electron chi connectivity index (χ2n) is 7.72. The van der Waals surface area contributed by atoms with Crippen LogP contribution in [0.4, 0.5) is 5.69 Å². The zero-order valence-electron chi connectivity index (χ0n) is 18.1. The van der Waals surface area contributed by atoms with E-state index >= 15 is 0 Å². The van der Waals surface area contributed by atoms with Crippen LogP contribution in [0.2, 0.25) is 5.02 Å². The van der Waals surface area contributed by atoms with Crippen molar-refractivity contribution in [3.05, 3.63) is 98.6 Å². The molecule has 0 aliphatic rings. The number of fused-ring (bicyclic) bond motifs is 1. The Kier molecular flexibility index (Phi) is 6.28. The summed E-state index contributed by atoms with van der Waals surface area (Å²) in [6, 6.07) is 16.2. The van der Waals surface area contributed by atoms with Gasteiger partial charge in [0.2, 0.25) is 5.91 Å². The van der Waals surface area contributed by atoms with E-state index in [0.29, 0.717) is 28.5 Å². The Labute approximate surface area is 194 Å². The summed E-state index contributed by atoms with van der Waals surface area (Å²) in [5, 5.41) is 10.3. The molecular weight excluding hydrogens is 442 g/mol. The summed E-state index contributed by atoms with van der Waals surface area (Å²) >= 11 is 6.09. The van der Waals surface area contributed by atoms with Crippen molar-refractivity contribution in [1.29, 1.82) is 0 Å². The number of nitrogens with zero attached hydrogens (tertiary/aromatic N) is 3. The molecule has 0 fully saturated rings. The second-order valence-corrected chi connectivity index (χ2v) is 8.12. The maximum absolute atomic E-state index is 12.8. The zero-order chi connectivity index (χ0) is 23.5. The van der Waals surface area contributed by atoms with Gasteiger partial charge in [-0.2, -0.15) is 0 Å². The first-order valence-electron chi connectivity index (χ1n) is 10.3. The minimum absolute atomic E-state index is 0.276. The highest BCUT2D eigenvalue weighted by atomic mass is 35.5. The number of amides is 2. The summed E-state index contributed by atoms with van der Waals surface area (Å²) in [5.41, 5.74) is 3.55. The van der Waals surface area contributed by atoms with Gasteiger partial charge in [-0.1, -0.05) is 47.5 Å². The van der Waals surface area contributed by atoms with Crippen molar-refractivity contribution in [1.82, 2.24) is 19.5 Å². The van der Waals surface area contributed by atoms with Crippen LogP contribution < -0.4 is 16.3 Å². The lowest BCUT2D eigenvalue weighted by Crippen LogP contribution is -2.29. The highest BCUT2D eigenvalue weighted by Crippen LogP contribution is 2.22. The van der Waals surface area contributed by atoms with Crippen LogP contribution in [0, 0.1) is 13.8 Å². The van der Waals surface area contributed by atoms with E-state index in [0.717, 1.165) is 21.4 Å². The van der Waals surface area contributed by atoms with Gasteiger partial charge in [0, 0.05) is 23.5 Å². The molecule has 0 saturated heterocycles. The van der Waals surface area contributed by atoms with Crippen molar-refractivity contribution >= 4 is 34.7 Å². The van der Waals surface area contributed by atoms with E-state index in [9.17, 15) is 14.4 Å². The van der Waals surface area contributed by atoms with Gasteiger partial charge in [-0.25, -0.2) is 13.9 Å². The third-order valence-corrected chi connectivity index (χ3v) is 5.66. The fraction of sp³-hybridized carbons (Fsp3) is 0.167. The number of nitrogens with one attached hydrogen (secondary N) is 2. The van der Waals surface area contributed by atoms with Gasteiger partial charge in [-0.15, -0.1) is 5.10 Å². The Morgan fingerprint density at radius 3 is 2.55 bits per heavy atom. The third kappa shape index (κ3) is 4.96. The van der Waals surface area contributed by atoms with Gasteiger partial charge < -0.3 is 10.6 Å². The van der Waals surface area contributed by atoms with Crippen molar-refractivity contribution < 1.29 is 9.59 Å². The van der Waals surface area contributed by atoms with E-state index in [-0.39, 0.29) is 12.5 Å². The van der Waals surface area contributed by atoms with Crippen LogP contribution in [0.25, 0.3) is 5.65 Å². The molecule has 2 aromatic heterocycles. The summed E-state index contributed by atoms with van der Waals surface area (Å²) in [6.07, 6.45) is 1.42. The zero-order valence-corrected chi connectivity index (χ0v) is 18.9. The summed E-state index contributed by atoms with van der Waals surface area (Å²) in [6.45, 7) is 3.88. The number of hydrogen-bond donors (Lipinski definition) is 2. The van der Waals surface area contributed by atoms with Crippen molar-refractivity contribution in [2.45, 2.75) is 26.9 Å². The molecule has 0 spiro atoms. The Bertz CT molecular complexity index is 1410. The first-order chi connectivity index (χ1) is 15.8. The van der Waals surface area contributed by atoms with Crippen molar-refractivity contribution in [3.8, 4) is 0 Å². The van der Waals surface area contributed by atoms with Gasteiger partial charge in [-0.05, 0) is 49.2 Å². The molecule has 0 radical (unpaired) electrons. The van der Waals surface area contributed by atoms with E-state index in [2.05, 4.69) is 15.7 Å². The number of anilines is 1. The van der Waals surface area contributed by atoms with E-state index < -0.39 is 11.6 Å². The minimum atomic E-state index is -0.517. The van der Waals surface area contributed by atoms with Crippen LogP contribution in [0.1, 0.15) is 27.0 Å². The van der Waals surface area contributed by atoms with Crippen LogP contribution >= 0.6 is 11.6 Å². The summed E-state index contributed by atoms with van der Waals surface area (Å²) in [7, 11) is 0. The number of aromatic nitrogens is 3. The first-order valence-corrected chi connectivity index (χ1v) is 10.7. The SMILES string of the molecule is Cc1ccc(CNC(=O)c2ccc3nn(CC(=O)Nc4cccc(Cl)c4C)c(=O)n3c2)cc1. The van der Waals surface area contributed by atoms with E-state index in [1.165, 1.54) is 10.6 Å². The molecule has 0 saturated carbocycles. The molecule has 0 aliphatic carbocycles. The average Bonchev–Trinajstić information content (AvgIpc) is 3.10. The largest absolute Gasteiger partial charge is 0.350 e. The van der Waals surface area contributed by atoms with E-state index in [1.54, 1.807) is 37.3 Å². The Morgan fingerprint density at radius 2 is 1.79 bits per heavy atom. The van der Waals surface area contributed by atoms with Crippen LogP contribution in [0.5, 0.6) is 0 Å². The molecule has 4 rings (SSSR count). The highest BCUT2D eigenvalue weighted by molar-refractivity contribution is 6.31. The molecule has 9 heteroatoms. The lowest BCUT2D eigenvalue weighted by atomic mass is 10.1. The summed E-state index contributed by atoms with van der Waals surface area (Å²) < 4.78 is 2.30. The maximum Gasteiger partial charge on any atom is 0.350 e. The predicted octanol–water partition coefficient (Wildman–Crippen LogP) is 3.33. The molecule has 0 aliphatic heterocycles. The van der Waals surface area contributed by atoms with Crippen LogP contribution in [-0.2, 0) is 17.9 Å². The predicted molar refractivity (Wildman–Crippen MR) is 127 cm³/mol. The number of hydrogen-bond acceptors (Lipinski definition) is 4. The van der Waals surface area contributed by atoms with Gasteiger partial charge in [0.25, 0.3) is 5.91 Å². The number of carbonyl (C=O) groups is 2. The Balaban J connectivity index is 1.47. The molecule has 0 atom stereocenters. The van der Waals surface area contributed by atoms with Gasteiger partial charge >= 0.3 is 5.69 Å². The molecule has 2 amide bonds. The molecule has 33 heavy (non-hydrogen) atoms. The average molecular weight is 464 g/mol. The number of benzene rings is 2. The number of rotatable bonds is 6. The maximum atomic E-state index is 12.8. The summed E-state index contributed by atoms with van der Waals surface area (Å²) in [4.78, 5) is 37.8. The van der Waals surface area contributed by atoms with Crippen molar-refractivity contribution in [2.75, 3.05) is 5.32 Å². The highest BCUT2D eigenvalue weighted by Gasteiger charge is 2.14. The quantitative estimate of drug-likeness (QED) is 0.458. The van der Waals surface area contributed by atoms with E-state index in [4.69, 9.17) is 11.6 Å². The molecule has 2 N–H and O–H groups in total. The van der Waals surface area contributed by atoms with Crippen molar-refractivity contribution in [3.63, 3.8) is 0 Å². The normalized spacial score (nSPS) is 10.9. The minimum Gasteiger partial charge on any atom is -0.348 e. The lowest BCUT2D eigenvalue weighted by molar-refractivity contribution is -0.117. The van der Waals surface area contributed by atoms with Gasteiger partial charge in [0.05, 0.1) is 5.56 Å². The fourth-order valence-corrected chi connectivity index (χ4v) is 3.49. The molecule has 0 unspecified atom stereocenters. The van der Waals surface area contributed by atoms with Crippen LogP contribution in [0.3, 0.4) is 0 Å². The lowest BCUT2D eigenvalue weighted by Gasteiger charge is -2.09. The number of aryl methyl sites for hydroxylation is 1. The number of pyridine rings is 1. The smallest absolute Gasteiger partial charge is 0.348 e. The van der Waals surface area contributed by atoms with Gasteiger partial charge in [-0.3, -0.25) is 9.59 Å². The van der Waals surface area contributed by atoms with Crippen LogP contribution in [0.15, 0.2) is 65.6 Å². The summed E-state index contributed by atoms with van der Waals surface area (Å²) in [5.74, 6) is -0.728. The topological polar surface area (TPSA) is 97.5 Å². The van der Waals surface area contributed by atoms with E-state index in [1.807, 2.05) is 31.2 Å².